The highest BCUT2D eigenvalue weighted by Gasteiger charge is 2.52. The van der Waals surface area contributed by atoms with E-state index in [0.29, 0.717) is 25.3 Å². The van der Waals surface area contributed by atoms with Crippen LogP contribution in [0.3, 0.4) is 0 Å². The van der Waals surface area contributed by atoms with Gasteiger partial charge < -0.3 is 26.2 Å². The molecule has 2 unspecified atom stereocenters. The van der Waals surface area contributed by atoms with E-state index in [1.54, 1.807) is 4.90 Å². The van der Waals surface area contributed by atoms with Crippen molar-refractivity contribution in [1.29, 1.82) is 0 Å². The van der Waals surface area contributed by atoms with E-state index in [-0.39, 0.29) is 35.4 Å². The average Bonchev–Trinajstić information content (AvgIpc) is 3.78. The maximum atomic E-state index is 14.7. The first kappa shape index (κ1) is 42.2. The van der Waals surface area contributed by atoms with Gasteiger partial charge in [-0.1, -0.05) is 91.9 Å². The third-order valence-electron chi connectivity index (χ3n) is 12.6. The predicted octanol–water partition coefficient (Wildman–Crippen LogP) is 4.64. The van der Waals surface area contributed by atoms with Gasteiger partial charge in [-0.15, -0.1) is 0 Å². The van der Waals surface area contributed by atoms with Crippen LogP contribution in [0.4, 0.5) is 0 Å². The lowest BCUT2D eigenvalue weighted by molar-refractivity contribution is -0.146. The fourth-order valence-corrected chi connectivity index (χ4v) is 9.66. The SMILES string of the molecule is CCC[C@H](NC(=O)[C@@H]1C2CCCC2CN1C(=O)[C@@H](NC(=O)[C@@H](NC(=O)c1cnccn1)C1CCCCC1)C(C)(C)C)C(=O)C(=O)N[C@@H](C)CC1CCCCC1. The molecule has 3 saturated carbocycles. The van der Waals surface area contributed by atoms with E-state index in [0.717, 1.165) is 70.6 Å². The topological polar surface area (TPSA) is 180 Å². The molecule has 3 aliphatic carbocycles. The summed E-state index contributed by atoms with van der Waals surface area (Å²) >= 11 is 0. The molecule has 4 N–H and O–H groups in total. The van der Waals surface area contributed by atoms with E-state index in [1.807, 2.05) is 34.6 Å². The monoisotopic (exact) mass is 763 g/mol. The smallest absolute Gasteiger partial charge is 0.289 e. The standard InChI is InChI=1S/C42H65N7O6/c1-6-14-31(35(50)40(54)45-26(2)23-27-15-9-7-10-16-27)46-39(53)34-30-20-13-19-29(30)25-49(34)41(55)36(42(3,4)5)48-38(52)33(28-17-11-8-12-18-28)47-37(51)32-24-43-21-22-44-32/h21-22,24,26-31,33-34,36H,6-20,23,25H2,1-5H3,(H,45,54)(H,46,53)(H,47,51)(H,48,52)/t26-,29?,30?,31-,33-,34-,36+/m0/s1. The first-order valence-corrected chi connectivity index (χ1v) is 21.1. The van der Waals surface area contributed by atoms with Crippen LogP contribution in [0.2, 0.25) is 0 Å². The van der Waals surface area contributed by atoms with Crippen molar-refractivity contribution in [3.63, 3.8) is 0 Å². The molecule has 13 heteroatoms. The summed E-state index contributed by atoms with van der Waals surface area (Å²) in [4.78, 5) is 93.1. The number of carbonyl (C=O) groups is 6. The Morgan fingerprint density at radius 1 is 0.836 bits per heavy atom. The van der Waals surface area contributed by atoms with Gasteiger partial charge in [-0.2, -0.15) is 0 Å². The molecule has 4 aliphatic rings. The van der Waals surface area contributed by atoms with Crippen molar-refractivity contribution in [2.75, 3.05) is 6.54 Å². The first-order chi connectivity index (χ1) is 26.3. The van der Waals surface area contributed by atoms with E-state index in [9.17, 15) is 28.8 Å². The number of likely N-dealkylation sites (tertiary alicyclic amines) is 1. The van der Waals surface area contributed by atoms with Gasteiger partial charge in [-0.25, -0.2) is 4.98 Å². The molecule has 2 heterocycles. The number of hydrogen-bond acceptors (Lipinski definition) is 8. The summed E-state index contributed by atoms with van der Waals surface area (Å²) in [5.74, 6) is -2.67. The van der Waals surface area contributed by atoms with Gasteiger partial charge >= 0.3 is 0 Å². The molecule has 1 aromatic heterocycles. The van der Waals surface area contributed by atoms with Gasteiger partial charge in [0.15, 0.2) is 0 Å². The van der Waals surface area contributed by atoms with Crippen LogP contribution in [0.1, 0.15) is 148 Å². The molecule has 0 radical (unpaired) electrons. The highest BCUT2D eigenvalue weighted by atomic mass is 16.2. The molecule has 1 saturated heterocycles. The Morgan fingerprint density at radius 2 is 1.53 bits per heavy atom. The van der Waals surface area contributed by atoms with E-state index in [1.165, 1.54) is 37.9 Å². The second-order valence-electron chi connectivity index (χ2n) is 17.9. The molecule has 0 aromatic carbocycles. The molecular weight excluding hydrogens is 699 g/mol. The maximum Gasteiger partial charge on any atom is 0.289 e. The lowest BCUT2D eigenvalue weighted by Crippen LogP contribution is -2.62. The molecule has 5 rings (SSSR count). The van der Waals surface area contributed by atoms with Crippen LogP contribution < -0.4 is 21.3 Å². The number of fused-ring (bicyclic) bond motifs is 1. The van der Waals surface area contributed by atoms with Crippen LogP contribution in [-0.4, -0.2) is 86.9 Å². The summed E-state index contributed by atoms with van der Waals surface area (Å²) < 4.78 is 0. The van der Waals surface area contributed by atoms with Crippen molar-refractivity contribution in [3.8, 4) is 0 Å². The van der Waals surface area contributed by atoms with Gasteiger partial charge in [0.2, 0.25) is 23.5 Å². The normalized spacial score (nSPS) is 24.2. The minimum Gasteiger partial charge on any atom is -0.347 e. The molecule has 13 nitrogen and oxygen atoms in total. The summed E-state index contributed by atoms with van der Waals surface area (Å²) in [5, 5.41) is 11.8. The molecule has 7 atom stereocenters. The fourth-order valence-electron chi connectivity index (χ4n) is 9.66. The number of aromatic nitrogens is 2. The van der Waals surface area contributed by atoms with Crippen molar-refractivity contribution in [1.82, 2.24) is 36.1 Å². The van der Waals surface area contributed by atoms with E-state index < -0.39 is 59.0 Å². The van der Waals surface area contributed by atoms with Gasteiger partial charge in [-0.3, -0.25) is 33.8 Å². The largest absolute Gasteiger partial charge is 0.347 e. The van der Waals surface area contributed by atoms with E-state index >= 15 is 0 Å². The number of hydrogen-bond donors (Lipinski definition) is 4. The molecule has 4 fully saturated rings. The third-order valence-corrected chi connectivity index (χ3v) is 12.6. The highest BCUT2D eigenvalue weighted by molar-refractivity contribution is 6.38. The van der Waals surface area contributed by atoms with Gasteiger partial charge in [0.1, 0.15) is 23.8 Å². The quantitative estimate of drug-likeness (QED) is 0.187. The molecule has 1 aromatic rings. The van der Waals surface area contributed by atoms with Crippen LogP contribution in [0.25, 0.3) is 0 Å². The molecule has 0 spiro atoms. The number of carbonyl (C=O) groups excluding carboxylic acids is 6. The van der Waals surface area contributed by atoms with Crippen molar-refractivity contribution in [2.24, 2.45) is 29.1 Å². The number of nitrogens with one attached hydrogen (secondary N) is 4. The van der Waals surface area contributed by atoms with Crippen LogP contribution in [0, 0.1) is 29.1 Å². The number of nitrogens with zero attached hydrogens (tertiary/aromatic N) is 3. The van der Waals surface area contributed by atoms with Crippen LogP contribution in [-0.2, 0) is 24.0 Å². The van der Waals surface area contributed by atoms with Gasteiger partial charge in [-0.05, 0) is 74.5 Å². The van der Waals surface area contributed by atoms with Gasteiger partial charge in [0, 0.05) is 25.0 Å². The summed E-state index contributed by atoms with van der Waals surface area (Å²) in [6.45, 7) is 9.83. The van der Waals surface area contributed by atoms with Crippen LogP contribution in [0.15, 0.2) is 18.6 Å². The maximum absolute atomic E-state index is 14.7. The third kappa shape index (κ3) is 10.9. The Bertz CT molecular complexity index is 1500. The molecule has 304 valence electrons. The van der Waals surface area contributed by atoms with E-state index in [4.69, 9.17) is 0 Å². The molecule has 1 aliphatic heterocycles. The van der Waals surface area contributed by atoms with E-state index in [2.05, 4.69) is 31.2 Å². The zero-order valence-electron chi connectivity index (χ0n) is 33.7. The Morgan fingerprint density at radius 3 is 2.16 bits per heavy atom. The minimum absolute atomic E-state index is 0.0942. The first-order valence-electron chi connectivity index (χ1n) is 21.1. The summed E-state index contributed by atoms with van der Waals surface area (Å²) in [6.07, 6.45) is 18.9. The van der Waals surface area contributed by atoms with Gasteiger partial charge in [0.05, 0.1) is 12.2 Å². The van der Waals surface area contributed by atoms with Crippen LogP contribution in [0.5, 0.6) is 0 Å². The van der Waals surface area contributed by atoms with Crippen molar-refractivity contribution in [2.45, 2.75) is 168 Å². The number of amides is 5. The van der Waals surface area contributed by atoms with Crippen molar-refractivity contribution < 1.29 is 28.8 Å². The lowest BCUT2D eigenvalue weighted by Gasteiger charge is -2.38. The minimum atomic E-state index is -1.01. The van der Waals surface area contributed by atoms with Crippen molar-refractivity contribution in [3.05, 3.63) is 24.3 Å². The lowest BCUT2D eigenvalue weighted by atomic mass is 9.82. The second kappa shape index (κ2) is 19.3. The van der Waals surface area contributed by atoms with Crippen molar-refractivity contribution >= 4 is 35.3 Å². The fraction of sp³-hybridized carbons (Fsp3) is 0.762. The van der Waals surface area contributed by atoms with Gasteiger partial charge in [0.25, 0.3) is 11.8 Å². The zero-order valence-corrected chi connectivity index (χ0v) is 33.7. The Kier molecular flexibility index (Phi) is 14.8. The highest BCUT2D eigenvalue weighted by Crippen LogP contribution is 2.43. The Balaban J connectivity index is 1.31. The Hall–Kier alpha value is -3.90. The molecule has 55 heavy (non-hydrogen) atoms. The number of ketones is 1. The molecule has 5 amide bonds. The van der Waals surface area contributed by atoms with Crippen LogP contribution >= 0.6 is 0 Å². The summed E-state index contributed by atoms with van der Waals surface area (Å²) in [7, 11) is 0. The summed E-state index contributed by atoms with van der Waals surface area (Å²) in [5.41, 5.74) is -0.645. The molecular formula is C42H65N7O6. The predicted molar refractivity (Wildman–Crippen MR) is 208 cm³/mol. The number of Topliss-reactive ketones (excluding diaryl/α,β-unsaturated/α-hetero) is 1. The Labute approximate surface area is 327 Å². The summed E-state index contributed by atoms with van der Waals surface area (Å²) in [6, 6.07) is -3.89. The zero-order chi connectivity index (χ0) is 39.7. The average molecular weight is 764 g/mol. The molecule has 0 bridgehead atoms. The second-order valence-corrected chi connectivity index (χ2v) is 17.9. The number of rotatable bonds is 15.